The maximum atomic E-state index is 10.6. The van der Waals surface area contributed by atoms with Crippen molar-refractivity contribution in [3.8, 4) is 0 Å². The summed E-state index contributed by atoms with van der Waals surface area (Å²) < 4.78 is 5.42. The molecule has 1 rings (SSSR count). The Morgan fingerprint density at radius 1 is 1.28 bits per heavy atom. The number of halogens is 1. The number of hydrogen-bond donors (Lipinski definition) is 2. The third-order valence-electron chi connectivity index (χ3n) is 2.49. The molecular weight excluding hydrogens is 300 g/mol. The van der Waals surface area contributed by atoms with E-state index in [9.17, 15) is 9.90 Å². The van der Waals surface area contributed by atoms with Gasteiger partial charge in [-0.3, -0.25) is 0 Å². The predicted molar refractivity (Wildman–Crippen MR) is 72.0 cm³/mol. The first-order valence-corrected chi connectivity index (χ1v) is 6.90. The van der Waals surface area contributed by atoms with E-state index >= 15 is 0 Å². The standard InChI is InChI=1S/C13H17BrO4/c14-7-1-8-18-9-6-10-2-4-11(5-3-10)12(15)13(16)17/h2-5,12,15H,1,6-9H2,(H,16,17)/t12-/m1/s1. The van der Waals surface area contributed by atoms with Crippen molar-refractivity contribution < 1.29 is 19.7 Å². The van der Waals surface area contributed by atoms with Crippen molar-refractivity contribution in [2.45, 2.75) is 18.9 Å². The molecule has 1 atom stereocenters. The molecule has 1 aromatic rings. The van der Waals surface area contributed by atoms with Gasteiger partial charge in [0.2, 0.25) is 0 Å². The number of carbonyl (C=O) groups is 1. The molecule has 100 valence electrons. The Labute approximate surface area is 115 Å². The van der Waals surface area contributed by atoms with Gasteiger partial charge in [-0.05, 0) is 24.0 Å². The number of carboxylic acids is 1. The Morgan fingerprint density at radius 2 is 1.94 bits per heavy atom. The minimum Gasteiger partial charge on any atom is -0.479 e. The van der Waals surface area contributed by atoms with Crippen LogP contribution in [0.3, 0.4) is 0 Å². The van der Waals surface area contributed by atoms with E-state index < -0.39 is 12.1 Å². The van der Waals surface area contributed by atoms with Crippen molar-refractivity contribution in [3.05, 3.63) is 35.4 Å². The van der Waals surface area contributed by atoms with Crippen LogP contribution in [0.15, 0.2) is 24.3 Å². The summed E-state index contributed by atoms with van der Waals surface area (Å²) in [5.74, 6) is -1.24. The Balaban J connectivity index is 2.38. The average molecular weight is 317 g/mol. The number of ether oxygens (including phenoxy) is 1. The van der Waals surface area contributed by atoms with E-state index in [-0.39, 0.29) is 0 Å². The fraction of sp³-hybridized carbons (Fsp3) is 0.462. The molecule has 4 nitrogen and oxygen atoms in total. The zero-order valence-electron chi connectivity index (χ0n) is 10.0. The molecule has 0 saturated heterocycles. The summed E-state index contributed by atoms with van der Waals surface area (Å²) in [6.07, 6.45) is 0.324. The van der Waals surface area contributed by atoms with E-state index in [1.165, 1.54) is 0 Å². The summed E-state index contributed by atoms with van der Waals surface area (Å²) in [7, 11) is 0. The van der Waals surface area contributed by atoms with Crippen LogP contribution in [0, 0.1) is 0 Å². The van der Waals surface area contributed by atoms with Crippen molar-refractivity contribution in [1.29, 1.82) is 0 Å². The van der Waals surface area contributed by atoms with E-state index in [1.54, 1.807) is 12.1 Å². The van der Waals surface area contributed by atoms with Gasteiger partial charge in [-0.25, -0.2) is 4.79 Å². The van der Waals surface area contributed by atoms with E-state index in [4.69, 9.17) is 9.84 Å². The number of aliphatic carboxylic acids is 1. The van der Waals surface area contributed by atoms with Crippen LogP contribution in [0.2, 0.25) is 0 Å². The third kappa shape index (κ3) is 5.16. The zero-order valence-corrected chi connectivity index (χ0v) is 11.6. The molecule has 0 aliphatic heterocycles. The number of hydrogen-bond acceptors (Lipinski definition) is 3. The van der Waals surface area contributed by atoms with Crippen LogP contribution in [-0.2, 0) is 16.0 Å². The molecule has 5 heteroatoms. The van der Waals surface area contributed by atoms with Gasteiger partial charge in [0.1, 0.15) is 0 Å². The molecule has 1 aromatic carbocycles. The second-order valence-electron chi connectivity index (χ2n) is 3.89. The first-order valence-electron chi connectivity index (χ1n) is 5.78. The fourth-order valence-electron chi connectivity index (χ4n) is 1.46. The SMILES string of the molecule is O=C(O)[C@H](O)c1ccc(CCOCCCBr)cc1. The number of aliphatic hydroxyl groups is 1. The molecule has 0 amide bonds. The number of alkyl halides is 1. The monoisotopic (exact) mass is 316 g/mol. The molecule has 18 heavy (non-hydrogen) atoms. The maximum absolute atomic E-state index is 10.6. The minimum atomic E-state index is -1.45. The van der Waals surface area contributed by atoms with Crippen molar-refractivity contribution in [2.24, 2.45) is 0 Å². The summed E-state index contributed by atoms with van der Waals surface area (Å²) >= 11 is 3.33. The minimum absolute atomic E-state index is 0.395. The first kappa shape index (κ1) is 15.1. The van der Waals surface area contributed by atoms with Gasteiger partial charge in [-0.15, -0.1) is 0 Å². The van der Waals surface area contributed by atoms with Crippen LogP contribution in [0.4, 0.5) is 0 Å². The highest BCUT2D eigenvalue weighted by Crippen LogP contribution is 2.14. The van der Waals surface area contributed by atoms with Gasteiger partial charge in [0.05, 0.1) is 6.61 Å². The lowest BCUT2D eigenvalue weighted by molar-refractivity contribution is -0.146. The van der Waals surface area contributed by atoms with Gasteiger partial charge in [0.15, 0.2) is 6.10 Å². The third-order valence-corrected chi connectivity index (χ3v) is 3.05. The number of aliphatic hydroxyl groups excluding tert-OH is 1. The maximum Gasteiger partial charge on any atom is 0.337 e. The number of benzene rings is 1. The van der Waals surface area contributed by atoms with Gasteiger partial charge < -0.3 is 14.9 Å². The van der Waals surface area contributed by atoms with Crippen LogP contribution in [0.5, 0.6) is 0 Å². The topological polar surface area (TPSA) is 66.8 Å². The fourth-order valence-corrected chi connectivity index (χ4v) is 1.69. The lowest BCUT2D eigenvalue weighted by atomic mass is 10.1. The van der Waals surface area contributed by atoms with Crippen LogP contribution in [0.25, 0.3) is 0 Å². The number of rotatable bonds is 8. The summed E-state index contributed by atoms with van der Waals surface area (Å²) in [5.41, 5.74) is 1.46. The van der Waals surface area contributed by atoms with Crippen molar-refractivity contribution in [1.82, 2.24) is 0 Å². The molecule has 0 bridgehead atoms. The van der Waals surface area contributed by atoms with E-state index in [0.29, 0.717) is 12.2 Å². The molecule has 0 heterocycles. The van der Waals surface area contributed by atoms with Crippen LogP contribution in [-0.4, -0.2) is 34.7 Å². The Morgan fingerprint density at radius 3 is 2.50 bits per heavy atom. The average Bonchev–Trinajstić information content (AvgIpc) is 2.38. The molecule has 2 N–H and O–H groups in total. The Hall–Kier alpha value is -0.910. The summed E-state index contributed by atoms with van der Waals surface area (Å²) in [4.78, 5) is 10.6. The molecule has 0 aliphatic carbocycles. The summed E-state index contributed by atoms with van der Waals surface area (Å²) in [6.45, 7) is 1.38. The van der Waals surface area contributed by atoms with Gasteiger partial charge in [-0.2, -0.15) is 0 Å². The van der Waals surface area contributed by atoms with Crippen molar-refractivity contribution >= 4 is 21.9 Å². The summed E-state index contributed by atoms with van der Waals surface area (Å²) in [5, 5.41) is 18.9. The predicted octanol–water partition coefficient (Wildman–Crippen LogP) is 2.15. The zero-order chi connectivity index (χ0) is 13.4. The van der Waals surface area contributed by atoms with Gasteiger partial charge >= 0.3 is 5.97 Å². The van der Waals surface area contributed by atoms with E-state index in [0.717, 1.165) is 30.3 Å². The highest BCUT2D eigenvalue weighted by Gasteiger charge is 2.14. The second-order valence-corrected chi connectivity index (χ2v) is 4.68. The molecule has 0 radical (unpaired) electrons. The summed E-state index contributed by atoms with van der Waals surface area (Å²) in [6, 6.07) is 6.89. The van der Waals surface area contributed by atoms with Gasteiger partial charge in [0.25, 0.3) is 0 Å². The molecule has 0 saturated carbocycles. The normalized spacial score (nSPS) is 12.3. The Bertz CT molecular complexity index is 364. The highest BCUT2D eigenvalue weighted by molar-refractivity contribution is 9.09. The second kappa shape index (κ2) is 8.24. The highest BCUT2D eigenvalue weighted by atomic mass is 79.9. The quantitative estimate of drug-likeness (QED) is 0.569. The van der Waals surface area contributed by atoms with Crippen LogP contribution in [0.1, 0.15) is 23.7 Å². The van der Waals surface area contributed by atoms with Gasteiger partial charge in [0, 0.05) is 11.9 Å². The molecule has 0 unspecified atom stereocenters. The van der Waals surface area contributed by atoms with Crippen LogP contribution >= 0.6 is 15.9 Å². The molecular formula is C13H17BrO4. The lowest BCUT2D eigenvalue weighted by Gasteiger charge is -2.07. The molecule has 0 aromatic heterocycles. The van der Waals surface area contributed by atoms with E-state index in [2.05, 4.69) is 15.9 Å². The molecule has 0 aliphatic rings. The molecule has 0 spiro atoms. The van der Waals surface area contributed by atoms with E-state index in [1.807, 2.05) is 12.1 Å². The van der Waals surface area contributed by atoms with Gasteiger partial charge in [-0.1, -0.05) is 40.2 Å². The lowest BCUT2D eigenvalue weighted by Crippen LogP contribution is -2.10. The smallest absolute Gasteiger partial charge is 0.337 e. The Kier molecular flexibility index (Phi) is 6.93. The first-order chi connectivity index (χ1) is 8.65. The van der Waals surface area contributed by atoms with Crippen molar-refractivity contribution in [2.75, 3.05) is 18.5 Å². The molecule has 0 fully saturated rings. The largest absolute Gasteiger partial charge is 0.479 e. The van der Waals surface area contributed by atoms with Crippen LogP contribution < -0.4 is 0 Å². The number of carboxylic acid groups (broad SMARTS) is 1. The van der Waals surface area contributed by atoms with Crippen molar-refractivity contribution in [3.63, 3.8) is 0 Å².